The maximum atomic E-state index is 12.9. The van der Waals surface area contributed by atoms with E-state index in [1.807, 2.05) is 24.3 Å². The van der Waals surface area contributed by atoms with Gasteiger partial charge in [0.2, 0.25) is 0 Å². The smallest absolute Gasteiger partial charge is 0.374 e. The van der Waals surface area contributed by atoms with Gasteiger partial charge in [-0.2, -0.15) is 21.6 Å². The first-order valence-corrected chi connectivity index (χ1v) is 10.6. The number of halogens is 3. The van der Waals surface area contributed by atoms with Crippen molar-refractivity contribution in [2.45, 2.75) is 10.4 Å². The maximum Gasteiger partial charge on any atom is 0.534 e. The summed E-state index contributed by atoms with van der Waals surface area (Å²) in [6.45, 7) is 0. The molecule has 0 spiro atoms. The van der Waals surface area contributed by atoms with Crippen LogP contribution in [-0.4, -0.2) is 24.4 Å². The van der Waals surface area contributed by atoms with E-state index >= 15 is 0 Å². The zero-order valence-electron chi connectivity index (χ0n) is 13.7. The van der Waals surface area contributed by atoms with Crippen LogP contribution in [0.2, 0.25) is 0 Å². The summed E-state index contributed by atoms with van der Waals surface area (Å²) in [6, 6.07) is 13.7. The molecule has 0 fully saturated rings. The predicted molar refractivity (Wildman–Crippen MR) is 98.1 cm³/mol. The topological polar surface area (TPSA) is 60.4 Å². The van der Waals surface area contributed by atoms with Crippen molar-refractivity contribution >= 4 is 53.2 Å². The van der Waals surface area contributed by atoms with Crippen molar-refractivity contribution in [3.8, 4) is 5.75 Å². The second-order valence-corrected chi connectivity index (χ2v) is 8.88. The van der Waals surface area contributed by atoms with Crippen LogP contribution in [-0.2, 0) is 20.9 Å². The number of hydrogen-bond acceptors (Lipinski definition) is 4. The van der Waals surface area contributed by atoms with E-state index in [2.05, 4.69) is 4.18 Å². The zero-order chi connectivity index (χ0) is 19.6. The van der Waals surface area contributed by atoms with Crippen molar-refractivity contribution in [1.82, 2.24) is 0 Å². The van der Waals surface area contributed by atoms with E-state index in [0.717, 1.165) is 16.2 Å². The minimum atomic E-state index is -5.91. The molecule has 0 heterocycles. The van der Waals surface area contributed by atoms with Crippen molar-refractivity contribution in [2.75, 3.05) is 6.26 Å². The lowest BCUT2D eigenvalue weighted by atomic mass is 9.94. The van der Waals surface area contributed by atoms with Crippen molar-refractivity contribution in [2.24, 2.45) is 0 Å². The fourth-order valence-electron chi connectivity index (χ4n) is 3.21. The average Bonchev–Trinajstić information content (AvgIpc) is 2.59. The largest absolute Gasteiger partial charge is 0.534 e. The lowest BCUT2D eigenvalue weighted by Gasteiger charge is -2.17. The molecule has 0 aromatic heterocycles. The Morgan fingerprint density at radius 2 is 1.52 bits per heavy atom. The molecule has 9 heteroatoms. The van der Waals surface area contributed by atoms with Gasteiger partial charge >= 0.3 is 15.6 Å². The van der Waals surface area contributed by atoms with Gasteiger partial charge < -0.3 is 4.18 Å². The quantitative estimate of drug-likeness (QED) is 0.281. The number of benzene rings is 4. The van der Waals surface area contributed by atoms with Crippen molar-refractivity contribution < 1.29 is 30.0 Å². The summed E-state index contributed by atoms with van der Waals surface area (Å²) in [5.41, 5.74) is -5.59. The van der Waals surface area contributed by atoms with Crippen LogP contribution in [0.5, 0.6) is 5.75 Å². The Balaban J connectivity index is 2.16. The van der Waals surface area contributed by atoms with E-state index in [-0.39, 0.29) is 10.3 Å². The van der Waals surface area contributed by atoms with E-state index in [1.54, 1.807) is 12.1 Å². The van der Waals surface area contributed by atoms with Crippen LogP contribution < -0.4 is 4.18 Å². The molecule has 0 saturated carbocycles. The fraction of sp³-hybridized carbons (Fsp3) is 0.111. The number of alkyl halides is 3. The molecule has 0 saturated heterocycles. The number of rotatable bonds is 3. The SMILES string of the molecule is CS(=O)c1cc2ccc3cccc4ccc(c1OS(=O)(=O)C(F)(F)F)c2c34. The Morgan fingerprint density at radius 1 is 0.926 bits per heavy atom. The molecule has 4 nitrogen and oxygen atoms in total. The van der Waals surface area contributed by atoms with Crippen LogP contribution in [0.25, 0.3) is 32.3 Å². The van der Waals surface area contributed by atoms with Gasteiger partial charge in [0.25, 0.3) is 0 Å². The predicted octanol–water partition coefficient (Wildman–Crippen LogP) is 4.55. The molecule has 0 aliphatic carbocycles. The third-order valence-corrected chi connectivity index (χ3v) is 6.23. The molecule has 4 rings (SSSR count). The molecule has 0 aliphatic rings. The minimum Gasteiger partial charge on any atom is -0.374 e. The molecule has 4 aromatic rings. The Hall–Kier alpha value is -2.39. The third kappa shape index (κ3) is 2.72. The third-order valence-electron chi connectivity index (χ3n) is 4.35. The molecular formula is C18H11F3O4S2. The van der Waals surface area contributed by atoms with Crippen molar-refractivity contribution in [3.63, 3.8) is 0 Å². The van der Waals surface area contributed by atoms with Gasteiger partial charge in [0, 0.05) is 17.0 Å². The molecule has 1 unspecified atom stereocenters. The Bertz CT molecular complexity index is 1310. The molecule has 0 radical (unpaired) electrons. The summed E-state index contributed by atoms with van der Waals surface area (Å²) in [6.07, 6.45) is 1.25. The van der Waals surface area contributed by atoms with E-state index < -0.39 is 32.2 Å². The average molecular weight is 412 g/mol. The first-order chi connectivity index (χ1) is 12.6. The summed E-state index contributed by atoms with van der Waals surface area (Å²) in [4.78, 5) is -0.117. The van der Waals surface area contributed by atoms with Gasteiger partial charge in [-0.15, -0.1) is 0 Å². The number of hydrogen-bond donors (Lipinski definition) is 0. The molecule has 1 atom stereocenters. The molecule has 140 valence electrons. The summed E-state index contributed by atoms with van der Waals surface area (Å²) in [5.74, 6) is -0.557. The Labute approximate surface area is 154 Å². The van der Waals surface area contributed by atoms with Crippen LogP contribution in [0.15, 0.2) is 53.4 Å². The van der Waals surface area contributed by atoms with Crippen LogP contribution in [0, 0.1) is 0 Å². The van der Waals surface area contributed by atoms with Crippen LogP contribution in [0.3, 0.4) is 0 Å². The highest BCUT2D eigenvalue weighted by Crippen LogP contribution is 2.43. The molecule has 0 bridgehead atoms. The van der Waals surface area contributed by atoms with Gasteiger partial charge in [-0.1, -0.05) is 36.4 Å². The molecular weight excluding hydrogens is 401 g/mol. The summed E-state index contributed by atoms with van der Waals surface area (Å²) >= 11 is 0. The highest BCUT2D eigenvalue weighted by atomic mass is 32.2. The standard InChI is InChI=1S/C18H11F3O4S2/c1-26(22)14-9-12-6-5-10-3-2-4-11-7-8-13(16(12)15(10)11)17(14)25-27(23,24)18(19,20)21/h2-9H,1H3. The van der Waals surface area contributed by atoms with E-state index in [4.69, 9.17) is 0 Å². The lowest BCUT2D eigenvalue weighted by Crippen LogP contribution is -2.28. The molecule has 0 aliphatic heterocycles. The molecule has 0 N–H and O–H groups in total. The van der Waals surface area contributed by atoms with Crippen LogP contribution in [0.1, 0.15) is 0 Å². The summed E-state index contributed by atoms with van der Waals surface area (Å²) < 4.78 is 78.4. The van der Waals surface area contributed by atoms with E-state index in [9.17, 15) is 25.8 Å². The highest BCUT2D eigenvalue weighted by Gasteiger charge is 2.49. The van der Waals surface area contributed by atoms with E-state index in [0.29, 0.717) is 10.8 Å². The van der Waals surface area contributed by atoms with Gasteiger partial charge in [0.05, 0.1) is 15.7 Å². The van der Waals surface area contributed by atoms with Crippen molar-refractivity contribution in [1.29, 1.82) is 0 Å². The summed E-state index contributed by atoms with van der Waals surface area (Å²) in [5, 5.41) is 3.83. The molecule has 0 amide bonds. The van der Waals surface area contributed by atoms with E-state index in [1.165, 1.54) is 18.4 Å². The zero-order valence-corrected chi connectivity index (χ0v) is 15.3. The fourth-order valence-corrected chi connectivity index (χ4v) is 4.47. The normalized spacial score (nSPS) is 14.2. The first kappa shape index (κ1) is 18.0. The minimum absolute atomic E-state index is 0.117. The maximum absolute atomic E-state index is 12.9. The summed E-state index contributed by atoms with van der Waals surface area (Å²) in [7, 11) is -7.68. The monoisotopic (exact) mass is 412 g/mol. The molecule has 4 aromatic carbocycles. The highest BCUT2D eigenvalue weighted by molar-refractivity contribution is 7.88. The first-order valence-electron chi connectivity index (χ1n) is 7.65. The second-order valence-electron chi connectivity index (χ2n) is 6.00. The Morgan fingerprint density at radius 3 is 2.11 bits per heavy atom. The van der Waals surface area contributed by atoms with Crippen LogP contribution >= 0.6 is 0 Å². The van der Waals surface area contributed by atoms with Gasteiger partial charge in [-0.25, -0.2) is 0 Å². The lowest BCUT2D eigenvalue weighted by molar-refractivity contribution is -0.0500. The van der Waals surface area contributed by atoms with Gasteiger partial charge in [0.1, 0.15) is 0 Å². The van der Waals surface area contributed by atoms with Crippen LogP contribution in [0.4, 0.5) is 13.2 Å². The van der Waals surface area contributed by atoms with Crippen molar-refractivity contribution in [3.05, 3.63) is 48.5 Å². The van der Waals surface area contributed by atoms with Gasteiger partial charge in [-0.3, -0.25) is 4.21 Å². The van der Waals surface area contributed by atoms with Gasteiger partial charge in [0.15, 0.2) is 5.75 Å². The Kier molecular flexibility index (Phi) is 3.87. The van der Waals surface area contributed by atoms with Gasteiger partial charge in [-0.05, 0) is 33.7 Å². The second kappa shape index (κ2) is 5.80. The molecule has 27 heavy (non-hydrogen) atoms.